The lowest BCUT2D eigenvalue weighted by Crippen LogP contribution is -1.98. The van der Waals surface area contributed by atoms with Crippen LogP contribution in [-0.4, -0.2) is 4.57 Å². The Kier molecular flexibility index (Phi) is 3.88. The summed E-state index contributed by atoms with van der Waals surface area (Å²) in [6.45, 7) is 4.29. The van der Waals surface area contributed by atoms with Crippen LogP contribution in [0.3, 0.4) is 0 Å². The van der Waals surface area contributed by atoms with Crippen LogP contribution < -0.4 is 0 Å². The molecule has 0 fully saturated rings. The summed E-state index contributed by atoms with van der Waals surface area (Å²) in [5, 5.41) is 0. The van der Waals surface area contributed by atoms with Gasteiger partial charge in [0.05, 0.1) is 15.9 Å². The molecule has 0 unspecified atom stereocenters. The molecule has 0 aliphatic heterocycles. The Labute approximate surface area is 143 Å². The van der Waals surface area contributed by atoms with Crippen molar-refractivity contribution < 1.29 is 0 Å². The maximum Gasteiger partial charge on any atom is 0.166 e. The van der Waals surface area contributed by atoms with E-state index in [0.29, 0.717) is 0 Å². The molecule has 2 aromatic carbocycles. The van der Waals surface area contributed by atoms with Gasteiger partial charge < -0.3 is 0 Å². The second kappa shape index (κ2) is 5.37. The smallest absolute Gasteiger partial charge is 0.166 e. The van der Waals surface area contributed by atoms with Gasteiger partial charge in [0.25, 0.3) is 0 Å². The zero-order valence-corrected chi connectivity index (χ0v) is 15.7. The minimum absolute atomic E-state index is 0.862. The molecule has 1 nitrogen and oxygen atoms in total. The van der Waals surface area contributed by atoms with Gasteiger partial charge in [0, 0.05) is 8.95 Å². The molecule has 3 aromatic rings. The Balaban J connectivity index is 2.52. The topological polar surface area (TPSA) is 4.93 Å². The number of para-hydroxylation sites is 1. The highest BCUT2D eigenvalue weighted by molar-refractivity contribution is 9.11. The highest BCUT2D eigenvalue weighted by Crippen LogP contribution is 2.36. The third-order valence-electron chi connectivity index (χ3n) is 3.43. The lowest BCUT2D eigenvalue weighted by atomic mass is 10.1. The Morgan fingerprint density at radius 2 is 1.70 bits per heavy atom. The van der Waals surface area contributed by atoms with Gasteiger partial charge in [-0.2, -0.15) is 0 Å². The van der Waals surface area contributed by atoms with Crippen molar-refractivity contribution in [1.29, 1.82) is 0 Å². The number of aromatic nitrogens is 1. The van der Waals surface area contributed by atoms with Crippen LogP contribution >= 0.6 is 55.4 Å². The van der Waals surface area contributed by atoms with E-state index in [0.717, 1.165) is 18.6 Å². The van der Waals surface area contributed by atoms with E-state index in [9.17, 15) is 0 Å². The molecular weight excluding hydrogens is 418 g/mol. The molecule has 0 bridgehead atoms. The van der Waals surface area contributed by atoms with Crippen molar-refractivity contribution in [1.82, 2.24) is 4.57 Å². The molecule has 5 heteroatoms. The third kappa shape index (κ3) is 2.21. The second-order valence-corrected chi connectivity index (χ2v) is 8.01. The van der Waals surface area contributed by atoms with Crippen LogP contribution in [0.2, 0.25) is 0 Å². The summed E-state index contributed by atoms with van der Waals surface area (Å²) in [5.74, 6) is 0. The summed E-state index contributed by atoms with van der Waals surface area (Å²) >= 11 is 14.5. The van der Waals surface area contributed by atoms with Crippen molar-refractivity contribution in [3.8, 4) is 5.69 Å². The van der Waals surface area contributed by atoms with Gasteiger partial charge >= 0.3 is 0 Å². The molecule has 0 radical (unpaired) electrons. The maximum absolute atomic E-state index is 5.60. The molecule has 1 aromatic heterocycles. The molecule has 0 amide bonds. The van der Waals surface area contributed by atoms with Gasteiger partial charge in [-0.25, -0.2) is 0 Å². The second-order valence-electron chi connectivity index (χ2n) is 4.63. The van der Waals surface area contributed by atoms with Crippen molar-refractivity contribution in [3.05, 3.63) is 54.4 Å². The maximum atomic E-state index is 5.60. The summed E-state index contributed by atoms with van der Waals surface area (Å²) in [6.07, 6.45) is 0. The first-order valence-corrected chi connectivity index (χ1v) is 8.88. The van der Waals surface area contributed by atoms with Crippen molar-refractivity contribution in [2.75, 3.05) is 0 Å². The molecule has 1 heterocycles. The van der Waals surface area contributed by atoms with E-state index < -0.39 is 0 Å². The molecule has 0 aliphatic carbocycles. The Hall–Kier alpha value is -0.490. The quantitative estimate of drug-likeness (QED) is 0.397. The molecule has 0 N–H and O–H groups in total. The minimum Gasteiger partial charge on any atom is -0.289 e. The molecule has 0 aliphatic rings. The number of thiazole rings is 1. The van der Waals surface area contributed by atoms with Gasteiger partial charge in [0.15, 0.2) is 3.95 Å². The first-order chi connectivity index (χ1) is 9.50. The molecule has 102 valence electrons. The van der Waals surface area contributed by atoms with Gasteiger partial charge in [-0.1, -0.05) is 12.1 Å². The monoisotopic (exact) mass is 427 g/mol. The number of aryl methyl sites for hydroxylation is 2. The first kappa shape index (κ1) is 14.4. The zero-order valence-electron chi connectivity index (χ0n) is 10.9. The molecular formula is C15H11Br2NS2. The van der Waals surface area contributed by atoms with Crippen molar-refractivity contribution in [2.45, 2.75) is 13.8 Å². The molecule has 20 heavy (non-hydrogen) atoms. The fourth-order valence-electron chi connectivity index (χ4n) is 2.27. The number of hydrogen-bond donors (Lipinski definition) is 0. The van der Waals surface area contributed by atoms with Gasteiger partial charge in [-0.3, -0.25) is 4.57 Å². The number of rotatable bonds is 1. The third-order valence-corrected chi connectivity index (χ3v) is 6.05. The Morgan fingerprint density at radius 1 is 1.05 bits per heavy atom. The van der Waals surface area contributed by atoms with E-state index in [2.05, 4.69) is 62.4 Å². The highest BCUT2D eigenvalue weighted by Gasteiger charge is 2.15. The lowest BCUT2D eigenvalue weighted by molar-refractivity contribution is 1.09. The number of halogens is 2. The molecule has 0 saturated heterocycles. The Morgan fingerprint density at radius 3 is 2.35 bits per heavy atom. The predicted octanol–water partition coefficient (Wildman–Crippen LogP) is 6.56. The summed E-state index contributed by atoms with van der Waals surface area (Å²) in [4.78, 5) is 0. The van der Waals surface area contributed by atoms with Crippen LogP contribution in [0.1, 0.15) is 11.1 Å². The largest absolute Gasteiger partial charge is 0.289 e. The van der Waals surface area contributed by atoms with Crippen molar-refractivity contribution in [3.63, 3.8) is 0 Å². The zero-order chi connectivity index (χ0) is 14.4. The van der Waals surface area contributed by atoms with Crippen LogP contribution in [-0.2, 0) is 0 Å². The summed E-state index contributed by atoms with van der Waals surface area (Å²) in [7, 11) is 0. The number of hydrogen-bond acceptors (Lipinski definition) is 2. The SMILES string of the molecule is Cc1ccc2sc(=S)n(-c3c(Br)cccc3Br)c2c1C. The van der Waals surface area contributed by atoms with E-state index in [1.54, 1.807) is 11.3 Å². The predicted molar refractivity (Wildman–Crippen MR) is 96.9 cm³/mol. The van der Waals surface area contributed by atoms with E-state index in [1.165, 1.54) is 21.3 Å². The molecule has 0 saturated carbocycles. The normalized spacial score (nSPS) is 11.2. The number of nitrogens with zero attached hydrogens (tertiary/aromatic N) is 1. The average Bonchev–Trinajstić information content (AvgIpc) is 2.72. The van der Waals surface area contributed by atoms with Crippen LogP contribution in [0.25, 0.3) is 15.9 Å². The van der Waals surface area contributed by atoms with E-state index in [-0.39, 0.29) is 0 Å². The summed E-state index contributed by atoms with van der Waals surface area (Å²) in [6, 6.07) is 10.4. The first-order valence-electron chi connectivity index (χ1n) is 6.07. The Bertz CT molecular complexity index is 857. The van der Waals surface area contributed by atoms with E-state index in [1.807, 2.05) is 18.2 Å². The van der Waals surface area contributed by atoms with Crippen LogP contribution in [0.4, 0.5) is 0 Å². The van der Waals surface area contributed by atoms with Crippen LogP contribution in [0.15, 0.2) is 39.3 Å². The molecule has 3 rings (SSSR count). The van der Waals surface area contributed by atoms with Crippen molar-refractivity contribution in [2.24, 2.45) is 0 Å². The average molecular weight is 429 g/mol. The van der Waals surface area contributed by atoms with E-state index >= 15 is 0 Å². The molecule has 0 spiro atoms. The summed E-state index contributed by atoms with van der Waals surface area (Å²) in [5.41, 5.74) is 4.82. The fourth-order valence-corrected chi connectivity index (χ4v) is 5.02. The van der Waals surface area contributed by atoms with Gasteiger partial charge in [-0.15, -0.1) is 11.3 Å². The van der Waals surface area contributed by atoms with Crippen LogP contribution in [0, 0.1) is 17.8 Å². The standard InChI is InChI=1S/C15H11Br2NS2/c1-8-6-7-12-13(9(8)2)18(15(19)20-12)14-10(16)4-3-5-11(14)17/h3-7H,1-2H3. The lowest BCUT2D eigenvalue weighted by Gasteiger charge is -2.12. The molecule has 0 atom stereocenters. The van der Waals surface area contributed by atoms with Gasteiger partial charge in [0.2, 0.25) is 0 Å². The number of fused-ring (bicyclic) bond motifs is 1. The minimum atomic E-state index is 0.862. The van der Waals surface area contributed by atoms with Crippen LogP contribution in [0.5, 0.6) is 0 Å². The fraction of sp³-hybridized carbons (Fsp3) is 0.133. The highest BCUT2D eigenvalue weighted by atomic mass is 79.9. The summed E-state index contributed by atoms with van der Waals surface area (Å²) < 4.78 is 6.31. The van der Waals surface area contributed by atoms with Gasteiger partial charge in [-0.05, 0) is 87.3 Å². The van der Waals surface area contributed by atoms with E-state index in [4.69, 9.17) is 12.2 Å². The van der Waals surface area contributed by atoms with Gasteiger partial charge in [0.1, 0.15) is 0 Å². The number of benzene rings is 2. The van der Waals surface area contributed by atoms with Crippen molar-refractivity contribution >= 4 is 65.6 Å².